The number of urea groups is 1. The third-order valence-corrected chi connectivity index (χ3v) is 3.88. The Balaban J connectivity index is 1.85. The van der Waals surface area contributed by atoms with E-state index < -0.39 is 5.97 Å². The Labute approximate surface area is 124 Å². The molecule has 1 saturated carbocycles. The van der Waals surface area contributed by atoms with Crippen molar-refractivity contribution in [1.29, 1.82) is 0 Å². The van der Waals surface area contributed by atoms with Crippen LogP contribution in [0.15, 0.2) is 24.3 Å². The minimum absolute atomic E-state index is 0.0981. The van der Waals surface area contributed by atoms with E-state index in [1.165, 1.54) is 32.1 Å². The third kappa shape index (κ3) is 5.10. The number of carboxylic acid groups (broad SMARTS) is 1. The fourth-order valence-electron chi connectivity index (χ4n) is 2.75. The van der Waals surface area contributed by atoms with Gasteiger partial charge in [-0.2, -0.15) is 0 Å². The molecule has 0 spiro atoms. The molecule has 2 rings (SSSR count). The molecule has 0 unspecified atom stereocenters. The number of carbonyl (C=O) groups is 2. The van der Waals surface area contributed by atoms with Gasteiger partial charge in [-0.15, -0.1) is 0 Å². The van der Waals surface area contributed by atoms with Crippen molar-refractivity contribution < 1.29 is 14.7 Å². The minimum atomic E-state index is -0.910. The van der Waals surface area contributed by atoms with E-state index >= 15 is 0 Å². The second-order valence-electron chi connectivity index (χ2n) is 5.57. The summed E-state index contributed by atoms with van der Waals surface area (Å²) in [6, 6.07) is 6.72. The van der Waals surface area contributed by atoms with Crippen LogP contribution in [-0.2, 0) is 11.2 Å². The SMILES string of the molecule is O=C(O)Cc1ccccc1NC(=O)NCC1CCCCC1. The zero-order chi connectivity index (χ0) is 15.1. The average Bonchev–Trinajstić information content (AvgIpc) is 2.48. The van der Waals surface area contributed by atoms with Crippen LogP contribution in [0.4, 0.5) is 10.5 Å². The highest BCUT2D eigenvalue weighted by molar-refractivity contribution is 5.90. The van der Waals surface area contributed by atoms with Crippen molar-refractivity contribution in [2.75, 3.05) is 11.9 Å². The number of benzene rings is 1. The van der Waals surface area contributed by atoms with Gasteiger partial charge in [0, 0.05) is 12.2 Å². The summed E-state index contributed by atoms with van der Waals surface area (Å²) in [5.41, 5.74) is 1.17. The quantitative estimate of drug-likeness (QED) is 0.780. The van der Waals surface area contributed by atoms with Gasteiger partial charge < -0.3 is 15.7 Å². The zero-order valence-electron chi connectivity index (χ0n) is 12.1. The highest BCUT2D eigenvalue weighted by atomic mass is 16.4. The predicted octanol–water partition coefficient (Wildman–Crippen LogP) is 3.02. The van der Waals surface area contributed by atoms with Crippen molar-refractivity contribution in [1.82, 2.24) is 5.32 Å². The predicted molar refractivity (Wildman–Crippen MR) is 81.4 cm³/mol. The van der Waals surface area contributed by atoms with Crippen LogP contribution in [-0.4, -0.2) is 23.7 Å². The van der Waals surface area contributed by atoms with E-state index in [-0.39, 0.29) is 12.5 Å². The van der Waals surface area contributed by atoms with E-state index in [1.807, 2.05) is 0 Å². The van der Waals surface area contributed by atoms with Crippen LogP contribution < -0.4 is 10.6 Å². The van der Waals surface area contributed by atoms with Gasteiger partial charge in [0.1, 0.15) is 0 Å². The number of rotatable bonds is 5. The van der Waals surface area contributed by atoms with Crippen molar-refractivity contribution in [3.8, 4) is 0 Å². The molecule has 21 heavy (non-hydrogen) atoms. The lowest BCUT2D eigenvalue weighted by molar-refractivity contribution is -0.136. The Morgan fingerprint density at radius 3 is 2.57 bits per heavy atom. The average molecular weight is 290 g/mol. The molecule has 0 heterocycles. The molecule has 0 aromatic heterocycles. The molecule has 0 radical (unpaired) electrons. The van der Waals surface area contributed by atoms with Crippen molar-refractivity contribution in [3.63, 3.8) is 0 Å². The second-order valence-corrected chi connectivity index (χ2v) is 5.57. The molecule has 1 aliphatic rings. The van der Waals surface area contributed by atoms with Crippen LogP contribution >= 0.6 is 0 Å². The first-order valence-electron chi connectivity index (χ1n) is 7.49. The number of carbonyl (C=O) groups excluding carboxylic acids is 1. The monoisotopic (exact) mass is 290 g/mol. The third-order valence-electron chi connectivity index (χ3n) is 3.88. The van der Waals surface area contributed by atoms with Gasteiger partial charge in [0.05, 0.1) is 6.42 Å². The largest absolute Gasteiger partial charge is 0.481 e. The summed E-state index contributed by atoms with van der Waals surface area (Å²) in [5.74, 6) is -0.342. The summed E-state index contributed by atoms with van der Waals surface area (Å²) in [7, 11) is 0. The van der Waals surface area contributed by atoms with Gasteiger partial charge in [0.2, 0.25) is 0 Å². The summed E-state index contributed by atoms with van der Waals surface area (Å²) in [6.45, 7) is 0.687. The maximum absolute atomic E-state index is 11.9. The van der Waals surface area contributed by atoms with Crippen LogP contribution in [0.5, 0.6) is 0 Å². The normalized spacial score (nSPS) is 15.4. The van der Waals surface area contributed by atoms with Crippen molar-refractivity contribution in [3.05, 3.63) is 29.8 Å². The minimum Gasteiger partial charge on any atom is -0.481 e. The summed E-state index contributed by atoms with van der Waals surface area (Å²) < 4.78 is 0. The topological polar surface area (TPSA) is 78.4 Å². The van der Waals surface area contributed by atoms with Gasteiger partial charge in [0.15, 0.2) is 0 Å². The molecular formula is C16H22N2O3. The Morgan fingerprint density at radius 2 is 1.86 bits per heavy atom. The number of hydrogen-bond acceptors (Lipinski definition) is 2. The first-order valence-corrected chi connectivity index (χ1v) is 7.49. The lowest BCUT2D eigenvalue weighted by Crippen LogP contribution is -2.34. The lowest BCUT2D eigenvalue weighted by atomic mass is 9.89. The molecule has 3 N–H and O–H groups in total. The highest BCUT2D eigenvalue weighted by Gasteiger charge is 2.15. The number of carboxylic acids is 1. The molecule has 0 saturated heterocycles. The van der Waals surface area contributed by atoms with Crippen molar-refractivity contribution >= 4 is 17.7 Å². The molecule has 1 aromatic rings. The number of anilines is 1. The van der Waals surface area contributed by atoms with E-state index in [1.54, 1.807) is 24.3 Å². The fraction of sp³-hybridized carbons (Fsp3) is 0.500. The van der Waals surface area contributed by atoms with Crippen molar-refractivity contribution in [2.24, 2.45) is 5.92 Å². The van der Waals surface area contributed by atoms with Gasteiger partial charge >= 0.3 is 12.0 Å². The molecule has 1 aliphatic carbocycles. The maximum Gasteiger partial charge on any atom is 0.319 e. The van der Waals surface area contributed by atoms with Crippen LogP contribution in [0.3, 0.4) is 0 Å². The number of nitrogens with one attached hydrogen (secondary N) is 2. The zero-order valence-corrected chi connectivity index (χ0v) is 12.1. The standard InChI is InChI=1S/C16H22N2O3/c19-15(20)10-13-8-4-5-9-14(13)18-16(21)17-11-12-6-2-1-3-7-12/h4-5,8-9,12H,1-3,6-7,10-11H2,(H,19,20)(H2,17,18,21). The molecule has 1 aromatic carbocycles. The van der Waals surface area contributed by atoms with Crippen molar-refractivity contribution in [2.45, 2.75) is 38.5 Å². The highest BCUT2D eigenvalue weighted by Crippen LogP contribution is 2.22. The molecule has 5 nitrogen and oxygen atoms in total. The number of aliphatic carboxylic acids is 1. The van der Waals surface area contributed by atoms with E-state index in [0.29, 0.717) is 23.7 Å². The molecule has 114 valence electrons. The summed E-state index contributed by atoms with van der Waals surface area (Å²) in [4.78, 5) is 22.7. The number of para-hydroxylation sites is 1. The maximum atomic E-state index is 11.9. The van der Waals surface area contributed by atoms with E-state index in [9.17, 15) is 9.59 Å². The summed E-state index contributed by atoms with van der Waals surface area (Å²) in [5, 5.41) is 14.5. The van der Waals surface area contributed by atoms with Gasteiger partial charge in [-0.05, 0) is 30.4 Å². The van der Waals surface area contributed by atoms with E-state index in [0.717, 1.165) is 0 Å². The number of hydrogen-bond donors (Lipinski definition) is 3. The van der Waals surface area contributed by atoms with Crippen LogP contribution in [0.2, 0.25) is 0 Å². The first-order chi connectivity index (χ1) is 10.1. The Kier molecular flexibility index (Phi) is 5.60. The van der Waals surface area contributed by atoms with E-state index in [4.69, 9.17) is 5.11 Å². The molecule has 0 atom stereocenters. The lowest BCUT2D eigenvalue weighted by Gasteiger charge is -2.22. The summed E-state index contributed by atoms with van der Waals surface area (Å²) >= 11 is 0. The van der Waals surface area contributed by atoms with Gasteiger partial charge in [0.25, 0.3) is 0 Å². The van der Waals surface area contributed by atoms with Gasteiger partial charge in [-0.25, -0.2) is 4.79 Å². The smallest absolute Gasteiger partial charge is 0.319 e. The van der Waals surface area contributed by atoms with Crippen LogP contribution in [0.25, 0.3) is 0 Å². The number of amides is 2. The molecule has 2 amide bonds. The van der Waals surface area contributed by atoms with Crippen LogP contribution in [0, 0.1) is 5.92 Å². The molecule has 0 aliphatic heterocycles. The second kappa shape index (κ2) is 7.67. The Morgan fingerprint density at radius 1 is 1.14 bits per heavy atom. The van der Waals surface area contributed by atoms with Gasteiger partial charge in [-0.3, -0.25) is 4.79 Å². The first kappa shape index (κ1) is 15.4. The fourth-order valence-corrected chi connectivity index (χ4v) is 2.75. The van der Waals surface area contributed by atoms with E-state index in [2.05, 4.69) is 10.6 Å². The Hall–Kier alpha value is -2.04. The molecule has 5 heteroatoms. The van der Waals surface area contributed by atoms with Crippen LogP contribution in [0.1, 0.15) is 37.7 Å². The molecular weight excluding hydrogens is 268 g/mol. The Bertz CT molecular complexity index is 496. The van der Waals surface area contributed by atoms with Gasteiger partial charge in [-0.1, -0.05) is 37.5 Å². The summed E-state index contributed by atoms with van der Waals surface area (Å²) in [6.07, 6.45) is 6.04. The molecule has 1 fully saturated rings. The molecule has 0 bridgehead atoms.